The van der Waals surface area contributed by atoms with E-state index in [-0.39, 0.29) is 10.9 Å². The van der Waals surface area contributed by atoms with Crippen molar-refractivity contribution in [2.75, 3.05) is 14.1 Å². The lowest BCUT2D eigenvalue weighted by Crippen LogP contribution is -2.42. The average molecular weight is 294 g/mol. The topological polar surface area (TPSA) is 21.1 Å². The highest BCUT2D eigenvalue weighted by molar-refractivity contribution is 6.20. The molecule has 1 aromatic carbocycles. The van der Waals surface area contributed by atoms with Gasteiger partial charge in [-0.3, -0.25) is 0 Å². The van der Waals surface area contributed by atoms with Crippen LogP contribution in [-0.4, -0.2) is 34.1 Å². The van der Waals surface area contributed by atoms with Crippen LogP contribution in [0.4, 0.5) is 0 Å². The van der Waals surface area contributed by atoms with Crippen molar-refractivity contribution >= 4 is 22.6 Å². The summed E-state index contributed by atoms with van der Waals surface area (Å²) in [6, 6.07) is 6.36. The summed E-state index contributed by atoms with van der Waals surface area (Å²) in [5.74, 6) is 0.946. The largest absolute Gasteiger partial charge is 0.325 e. The van der Waals surface area contributed by atoms with E-state index in [9.17, 15) is 0 Å². The molecule has 0 bridgehead atoms. The van der Waals surface area contributed by atoms with Gasteiger partial charge in [-0.05, 0) is 59.5 Å². The highest BCUT2D eigenvalue weighted by Gasteiger charge is 2.25. The third kappa shape index (κ3) is 2.84. The molecule has 1 heterocycles. The van der Waals surface area contributed by atoms with Crippen LogP contribution < -0.4 is 0 Å². The number of likely N-dealkylation sites (N-methyl/N-ethyl adjacent to an activating group) is 1. The summed E-state index contributed by atoms with van der Waals surface area (Å²) >= 11 is 6.33. The number of benzene rings is 1. The minimum absolute atomic E-state index is 0.0396. The molecule has 1 unspecified atom stereocenters. The number of hydrogen-bond donors (Lipinski definition) is 0. The molecule has 2 aromatic rings. The zero-order valence-corrected chi connectivity index (χ0v) is 14.0. The Hall–Kier alpha value is -1.06. The van der Waals surface area contributed by atoms with Crippen LogP contribution in [0.2, 0.25) is 0 Å². The molecule has 0 spiro atoms. The summed E-state index contributed by atoms with van der Waals surface area (Å²) in [6.45, 7) is 9.42. The number of rotatable bonds is 4. The molecule has 0 aliphatic rings. The molecule has 20 heavy (non-hydrogen) atoms. The first-order chi connectivity index (χ1) is 9.22. The number of alkyl halides is 1. The minimum atomic E-state index is -0.0966. The lowest BCUT2D eigenvalue weighted by molar-refractivity contribution is 0.170. The Bertz CT molecular complexity index is 611. The molecule has 3 nitrogen and oxygen atoms in total. The lowest BCUT2D eigenvalue weighted by Gasteiger charge is -2.33. The Morgan fingerprint density at radius 3 is 2.55 bits per heavy atom. The van der Waals surface area contributed by atoms with Gasteiger partial charge in [0.2, 0.25) is 0 Å². The minimum Gasteiger partial charge on any atom is -0.325 e. The highest BCUT2D eigenvalue weighted by Crippen LogP contribution is 2.27. The van der Waals surface area contributed by atoms with Gasteiger partial charge in [-0.15, -0.1) is 11.6 Å². The quantitative estimate of drug-likeness (QED) is 0.795. The van der Waals surface area contributed by atoms with Gasteiger partial charge in [0.05, 0.1) is 16.4 Å². The van der Waals surface area contributed by atoms with E-state index in [2.05, 4.69) is 62.5 Å². The van der Waals surface area contributed by atoms with Gasteiger partial charge in [0, 0.05) is 12.1 Å². The predicted octanol–water partition coefficient (Wildman–Crippen LogP) is 3.98. The lowest BCUT2D eigenvalue weighted by atomic mass is 10.0. The molecule has 0 radical (unpaired) electrons. The third-order valence-corrected chi connectivity index (χ3v) is 4.24. The van der Waals surface area contributed by atoms with Crippen LogP contribution in [0.25, 0.3) is 11.0 Å². The van der Waals surface area contributed by atoms with Gasteiger partial charge in [-0.2, -0.15) is 0 Å². The van der Waals surface area contributed by atoms with E-state index in [0.717, 1.165) is 17.9 Å². The molecule has 1 aromatic heterocycles. The van der Waals surface area contributed by atoms with Crippen molar-refractivity contribution in [1.29, 1.82) is 0 Å². The van der Waals surface area contributed by atoms with Crippen LogP contribution in [0.5, 0.6) is 0 Å². The van der Waals surface area contributed by atoms with Gasteiger partial charge >= 0.3 is 0 Å². The summed E-state index contributed by atoms with van der Waals surface area (Å²) in [4.78, 5) is 6.94. The Kier molecular flexibility index (Phi) is 4.12. The summed E-state index contributed by atoms with van der Waals surface area (Å²) in [6.07, 6.45) is 0. The molecule has 0 fully saturated rings. The van der Waals surface area contributed by atoms with E-state index >= 15 is 0 Å². The second kappa shape index (κ2) is 5.38. The molecule has 0 saturated heterocycles. The van der Waals surface area contributed by atoms with Crippen LogP contribution >= 0.6 is 11.6 Å². The molecule has 4 heteroatoms. The number of aryl methyl sites for hydroxylation is 1. The van der Waals surface area contributed by atoms with Gasteiger partial charge in [0.15, 0.2) is 0 Å². The molecule has 0 saturated carbocycles. The number of imidazole rings is 1. The van der Waals surface area contributed by atoms with Crippen LogP contribution in [0.15, 0.2) is 18.2 Å². The molecule has 0 N–H and O–H groups in total. The van der Waals surface area contributed by atoms with E-state index in [1.807, 2.05) is 6.92 Å². The second-order valence-electron chi connectivity index (χ2n) is 6.37. The van der Waals surface area contributed by atoms with E-state index < -0.39 is 0 Å². The fourth-order valence-corrected chi connectivity index (χ4v) is 2.42. The van der Waals surface area contributed by atoms with Gasteiger partial charge in [0.25, 0.3) is 0 Å². The monoisotopic (exact) mass is 293 g/mol. The van der Waals surface area contributed by atoms with E-state index in [4.69, 9.17) is 16.6 Å². The molecule has 0 aliphatic carbocycles. The Balaban J connectivity index is 2.59. The molecule has 1 atom stereocenters. The van der Waals surface area contributed by atoms with Gasteiger partial charge < -0.3 is 9.47 Å². The van der Waals surface area contributed by atoms with Gasteiger partial charge in [0.1, 0.15) is 5.82 Å². The molecule has 0 aliphatic heterocycles. The number of halogens is 1. The van der Waals surface area contributed by atoms with Gasteiger partial charge in [-0.25, -0.2) is 4.98 Å². The summed E-state index contributed by atoms with van der Waals surface area (Å²) in [5.41, 5.74) is 3.47. The standard InChI is InChI=1S/C16H24ClN3/c1-11-7-8-13-14(9-11)20(15(18-13)12(2)17)10-16(3,4)19(5)6/h7-9,12H,10H2,1-6H3. The first-order valence-electron chi connectivity index (χ1n) is 7.00. The molecular formula is C16H24ClN3. The smallest absolute Gasteiger partial charge is 0.127 e. The summed E-state index contributed by atoms with van der Waals surface area (Å²) in [7, 11) is 4.21. The molecule has 0 amide bonds. The zero-order valence-electron chi connectivity index (χ0n) is 13.2. The van der Waals surface area contributed by atoms with Crippen molar-refractivity contribution in [2.45, 2.75) is 45.2 Å². The maximum absolute atomic E-state index is 6.33. The first kappa shape index (κ1) is 15.3. The third-order valence-electron chi connectivity index (χ3n) is 4.04. The SMILES string of the molecule is Cc1ccc2nc(C(C)Cl)n(CC(C)(C)N(C)C)c2c1. The second-order valence-corrected chi connectivity index (χ2v) is 7.03. The zero-order chi connectivity index (χ0) is 15.1. The Morgan fingerprint density at radius 1 is 1.35 bits per heavy atom. The normalized spacial score (nSPS) is 14.2. The van der Waals surface area contributed by atoms with Crippen molar-refractivity contribution in [3.05, 3.63) is 29.6 Å². The number of fused-ring (bicyclic) bond motifs is 1. The van der Waals surface area contributed by atoms with E-state index in [1.54, 1.807) is 0 Å². The maximum Gasteiger partial charge on any atom is 0.127 e. The fraction of sp³-hybridized carbons (Fsp3) is 0.562. The van der Waals surface area contributed by atoms with Crippen LogP contribution in [0.1, 0.15) is 37.5 Å². The molecule has 110 valence electrons. The van der Waals surface area contributed by atoms with Crippen molar-refractivity contribution in [3.63, 3.8) is 0 Å². The van der Waals surface area contributed by atoms with Crippen LogP contribution in [-0.2, 0) is 6.54 Å². The van der Waals surface area contributed by atoms with Crippen molar-refractivity contribution in [2.24, 2.45) is 0 Å². The van der Waals surface area contributed by atoms with Gasteiger partial charge in [-0.1, -0.05) is 6.07 Å². The summed E-state index contributed by atoms with van der Waals surface area (Å²) < 4.78 is 2.26. The Labute approximate surface area is 126 Å². The van der Waals surface area contributed by atoms with E-state index in [0.29, 0.717) is 0 Å². The van der Waals surface area contributed by atoms with E-state index in [1.165, 1.54) is 11.1 Å². The van der Waals surface area contributed by atoms with Crippen LogP contribution in [0, 0.1) is 6.92 Å². The van der Waals surface area contributed by atoms with Crippen LogP contribution in [0.3, 0.4) is 0 Å². The number of hydrogen-bond acceptors (Lipinski definition) is 2. The first-order valence-corrected chi connectivity index (χ1v) is 7.44. The highest BCUT2D eigenvalue weighted by atomic mass is 35.5. The molecular weight excluding hydrogens is 270 g/mol. The van der Waals surface area contributed by atoms with Crippen molar-refractivity contribution in [3.8, 4) is 0 Å². The van der Waals surface area contributed by atoms with Crippen molar-refractivity contribution < 1.29 is 0 Å². The fourth-order valence-electron chi connectivity index (χ4n) is 2.25. The van der Waals surface area contributed by atoms with Crippen molar-refractivity contribution in [1.82, 2.24) is 14.5 Å². The number of aromatic nitrogens is 2. The predicted molar refractivity (Wildman–Crippen MR) is 86.5 cm³/mol. The number of nitrogens with zero attached hydrogens (tertiary/aromatic N) is 3. The summed E-state index contributed by atoms with van der Waals surface area (Å²) in [5, 5.41) is -0.0966. The average Bonchev–Trinajstić information content (AvgIpc) is 2.67. The molecule has 2 rings (SSSR count). The maximum atomic E-state index is 6.33. The Morgan fingerprint density at radius 2 is 2.00 bits per heavy atom.